The lowest BCUT2D eigenvalue weighted by Gasteiger charge is -2.28. The van der Waals surface area contributed by atoms with E-state index < -0.39 is 29.7 Å². The van der Waals surface area contributed by atoms with Gasteiger partial charge in [0.15, 0.2) is 0 Å². The number of benzene rings is 3. The number of hydrogen-bond donors (Lipinski definition) is 1. The molecule has 2 atom stereocenters. The number of carbonyl (C=O) groups is 1. The predicted octanol–water partition coefficient (Wildman–Crippen LogP) is 6.62. The van der Waals surface area contributed by atoms with Gasteiger partial charge < -0.3 is 24.4 Å². The Bertz CT molecular complexity index is 1390. The molecule has 1 aliphatic carbocycles. The Labute approximate surface area is 244 Å². The zero-order valence-electron chi connectivity index (χ0n) is 23.9. The van der Waals surface area contributed by atoms with Gasteiger partial charge in [0.05, 0.1) is 18.8 Å². The molecule has 0 aromatic heterocycles. The fourth-order valence-electron chi connectivity index (χ4n) is 5.59. The monoisotopic (exact) mass is 582 g/mol. The molecule has 2 unspecified atom stereocenters. The molecule has 3 aromatic rings. The van der Waals surface area contributed by atoms with Crippen LogP contribution in [0.15, 0.2) is 66.7 Å². The van der Waals surface area contributed by atoms with Gasteiger partial charge >= 0.3 is 12.1 Å². The smallest absolute Gasteiger partial charge is 0.416 e. The molecular formula is C33H37F3N2O4. The number of carboxylic acid groups (broad SMARTS) is 1. The summed E-state index contributed by atoms with van der Waals surface area (Å²) < 4.78 is 52.4. The number of hydrogen-bond acceptors (Lipinski definition) is 5. The Morgan fingerprint density at radius 2 is 1.71 bits per heavy atom. The second-order valence-corrected chi connectivity index (χ2v) is 11.6. The minimum absolute atomic E-state index is 0.166. The zero-order valence-corrected chi connectivity index (χ0v) is 23.9. The van der Waals surface area contributed by atoms with Gasteiger partial charge in [-0.25, -0.2) is 4.79 Å². The summed E-state index contributed by atoms with van der Waals surface area (Å²) in [6.45, 7) is 2.34. The molecule has 0 radical (unpaired) electrons. The minimum atomic E-state index is -4.47. The van der Waals surface area contributed by atoms with E-state index >= 15 is 0 Å². The summed E-state index contributed by atoms with van der Waals surface area (Å²) in [5.41, 5.74) is 2.12. The maximum absolute atomic E-state index is 13.4. The third-order valence-electron chi connectivity index (χ3n) is 7.82. The maximum Gasteiger partial charge on any atom is 0.416 e. The number of ether oxygens (including phenoxy) is 2. The molecule has 3 aromatic carbocycles. The number of aliphatic carboxylic acids is 1. The van der Waals surface area contributed by atoms with Crippen LogP contribution in [-0.2, 0) is 23.9 Å². The van der Waals surface area contributed by atoms with Crippen LogP contribution in [0.3, 0.4) is 0 Å². The Hall–Kier alpha value is -3.72. The number of anilines is 1. The van der Waals surface area contributed by atoms with Crippen molar-refractivity contribution in [1.29, 1.82) is 0 Å². The molecule has 0 saturated heterocycles. The van der Waals surface area contributed by atoms with Gasteiger partial charge in [0.1, 0.15) is 17.5 Å². The van der Waals surface area contributed by atoms with Crippen molar-refractivity contribution in [1.82, 2.24) is 4.90 Å². The molecule has 1 aliphatic heterocycles. The third-order valence-corrected chi connectivity index (χ3v) is 7.82. The van der Waals surface area contributed by atoms with Crippen molar-refractivity contribution < 1.29 is 32.5 Å². The Morgan fingerprint density at radius 3 is 2.40 bits per heavy atom. The van der Waals surface area contributed by atoms with Gasteiger partial charge in [-0.1, -0.05) is 36.4 Å². The maximum atomic E-state index is 13.4. The van der Waals surface area contributed by atoms with E-state index in [0.29, 0.717) is 36.2 Å². The van der Waals surface area contributed by atoms with Gasteiger partial charge in [-0.3, -0.25) is 0 Å². The lowest BCUT2D eigenvalue weighted by molar-refractivity contribution is -0.139. The Morgan fingerprint density at radius 1 is 0.976 bits per heavy atom. The normalized spacial score (nSPS) is 18.3. The number of halogens is 3. The van der Waals surface area contributed by atoms with E-state index in [1.165, 1.54) is 6.07 Å². The van der Waals surface area contributed by atoms with Gasteiger partial charge in [0, 0.05) is 30.8 Å². The molecule has 0 amide bonds. The zero-order chi connectivity index (χ0) is 29.9. The van der Waals surface area contributed by atoms with Crippen molar-refractivity contribution in [2.24, 2.45) is 5.92 Å². The highest BCUT2D eigenvalue weighted by molar-refractivity contribution is 5.84. The highest BCUT2D eigenvalue weighted by Crippen LogP contribution is 2.44. The van der Waals surface area contributed by atoms with E-state index in [4.69, 9.17) is 9.47 Å². The second kappa shape index (κ2) is 12.7. The number of rotatable bonds is 13. The van der Waals surface area contributed by atoms with Crippen LogP contribution >= 0.6 is 0 Å². The lowest BCUT2D eigenvalue weighted by Crippen LogP contribution is -2.41. The molecule has 42 heavy (non-hydrogen) atoms. The van der Waals surface area contributed by atoms with Crippen molar-refractivity contribution >= 4 is 11.7 Å². The number of nitrogens with zero attached hydrogens (tertiary/aromatic N) is 2. The highest BCUT2D eigenvalue weighted by atomic mass is 19.4. The van der Waals surface area contributed by atoms with Crippen LogP contribution in [0.25, 0.3) is 0 Å². The van der Waals surface area contributed by atoms with Gasteiger partial charge in [0.2, 0.25) is 0 Å². The number of alkyl halides is 3. The first-order valence-electron chi connectivity index (χ1n) is 14.4. The van der Waals surface area contributed by atoms with Crippen molar-refractivity contribution in [3.8, 4) is 11.5 Å². The molecule has 224 valence electrons. The highest BCUT2D eigenvalue weighted by Gasteiger charge is 2.43. The summed E-state index contributed by atoms with van der Waals surface area (Å²) >= 11 is 0. The van der Waals surface area contributed by atoms with Crippen molar-refractivity contribution in [2.75, 3.05) is 38.8 Å². The lowest BCUT2D eigenvalue weighted by atomic mass is 9.88. The van der Waals surface area contributed by atoms with Gasteiger partial charge in [-0.15, -0.1) is 0 Å². The molecule has 6 nitrogen and oxygen atoms in total. The standard InChI is InChI=1S/C33H37F3N2O4/c1-37(2)13-6-14-41-26-16-24(17-27(19-26)42-21-22-11-12-22)20-38-30-10-4-3-9-28(30)29(31(38)32(39)40)18-23-7-5-8-25(15-23)33(34,35)36/h3-5,7-10,15-17,19,22,29,31H,6,11-14,18,20-21H2,1-2H3,(H,39,40). The molecule has 0 spiro atoms. The largest absolute Gasteiger partial charge is 0.493 e. The van der Waals surface area contributed by atoms with Gasteiger partial charge in [-0.2, -0.15) is 13.2 Å². The number of carboxylic acids is 1. The summed E-state index contributed by atoms with van der Waals surface area (Å²) in [6, 6.07) is 17.4. The summed E-state index contributed by atoms with van der Waals surface area (Å²) in [7, 11) is 4.02. The summed E-state index contributed by atoms with van der Waals surface area (Å²) in [5.74, 6) is 0.359. The molecule has 1 heterocycles. The number of para-hydroxylation sites is 1. The molecule has 2 aliphatic rings. The molecular weight excluding hydrogens is 545 g/mol. The molecule has 0 bridgehead atoms. The quantitative estimate of drug-likeness (QED) is 0.229. The molecule has 5 rings (SSSR count). The van der Waals surface area contributed by atoms with Gasteiger partial charge in [0.25, 0.3) is 0 Å². The van der Waals surface area contributed by atoms with E-state index in [1.54, 1.807) is 6.07 Å². The van der Waals surface area contributed by atoms with Crippen molar-refractivity contribution in [2.45, 2.75) is 50.4 Å². The van der Waals surface area contributed by atoms with Crippen LogP contribution in [0.5, 0.6) is 11.5 Å². The summed E-state index contributed by atoms with van der Waals surface area (Å²) in [4.78, 5) is 16.7. The first-order valence-corrected chi connectivity index (χ1v) is 14.4. The number of fused-ring (bicyclic) bond motifs is 1. The second-order valence-electron chi connectivity index (χ2n) is 11.6. The average molecular weight is 583 g/mol. The first kappa shape index (κ1) is 29.8. The van der Waals surface area contributed by atoms with Gasteiger partial charge in [-0.05, 0) is 86.7 Å². The minimum Gasteiger partial charge on any atom is -0.493 e. The Balaban J connectivity index is 1.42. The topological polar surface area (TPSA) is 62.2 Å². The van der Waals surface area contributed by atoms with Crippen LogP contribution in [0.1, 0.15) is 47.4 Å². The van der Waals surface area contributed by atoms with Crippen molar-refractivity contribution in [3.63, 3.8) is 0 Å². The SMILES string of the molecule is CN(C)CCCOc1cc(CN2c3ccccc3C(Cc3cccc(C(F)(F)F)c3)C2C(=O)O)cc(OCC2CC2)c1. The van der Waals surface area contributed by atoms with Crippen LogP contribution in [-0.4, -0.2) is 55.9 Å². The fourth-order valence-corrected chi connectivity index (χ4v) is 5.59. The van der Waals surface area contributed by atoms with E-state index in [9.17, 15) is 23.1 Å². The summed E-state index contributed by atoms with van der Waals surface area (Å²) in [6.07, 6.45) is -1.13. The average Bonchev–Trinajstić information content (AvgIpc) is 3.73. The molecule has 9 heteroatoms. The van der Waals surface area contributed by atoms with Crippen LogP contribution in [0.4, 0.5) is 18.9 Å². The van der Waals surface area contributed by atoms with Crippen LogP contribution < -0.4 is 14.4 Å². The van der Waals surface area contributed by atoms with E-state index in [2.05, 4.69) is 4.90 Å². The van der Waals surface area contributed by atoms with Crippen molar-refractivity contribution in [3.05, 3.63) is 89.0 Å². The predicted molar refractivity (Wildman–Crippen MR) is 155 cm³/mol. The Kier molecular flexibility index (Phi) is 8.96. The fraction of sp³-hybridized carbons (Fsp3) is 0.424. The van der Waals surface area contributed by atoms with E-state index in [-0.39, 0.29) is 13.0 Å². The molecule has 1 N–H and O–H groups in total. The van der Waals surface area contributed by atoms with E-state index in [0.717, 1.165) is 54.8 Å². The molecule has 1 fully saturated rings. The molecule has 1 saturated carbocycles. The van der Waals surface area contributed by atoms with E-state index in [1.807, 2.05) is 61.5 Å². The van der Waals surface area contributed by atoms with Crippen LogP contribution in [0, 0.1) is 5.92 Å². The van der Waals surface area contributed by atoms with Crippen LogP contribution in [0.2, 0.25) is 0 Å². The summed E-state index contributed by atoms with van der Waals surface area (Å²) in [5, 5.41) is 10.4. The third kappa shape index (κ3) is 7.37. The first-order chi connectivity index (χ1) is 20.1.